The van der Waals surface area contributed by atoms with Crippen molar-refractivity contribution in [3.8, 4) is 0 Å². The first kappa shape index (κ1) is 15.6. The molecule has 1 aliphatic heterocycles. The fraction of sp³-hybridized carbons (Fsp3) is 1.00. The third kappa shape index (κ3) is 3.64. The minimum atomic E-state index is -3.31. The lowest BCUT2D eigenvalue weighted by Crippen LogP contribution is -2.51. The first-order valence-electron chi connectivity index (χ1n) is 7.01. The normalized spacial score (nSPS) is 25.2. The van der Waals surface area contributed by atoms with Gasteiger partial charge < -0.3 is 5.73 Å². The van der Waals surface area contributed by atoms with Crippen molar-refractivity contribution in [2.75, 3.05) is 32.4 Å². The maximum atomic E-state index is 12.3. The molecule has 3 N–H and O–H groups in total. The lowest BCUT2D eigenvalue weighted by Gasteiger charge is -2.41. The molecule has 0 bridgehead atoms. The van der Waals surface area contributed by atoms with Crippen molar-refractivity contribution in [2.24, 2.45) is 11.7 Å². The van der Waals surface area contributed by atoms with Crippen LogP contribution in [-0.4, -0.2) is 49.9 Å². The predicted molar refractivity (Wildman–Crippen MR) is 80.4 cm³/mol. The summed E-state index contributed by atoms with van der Waals surface area (Å²) in [5, 5.41) is 0. The van der Waals surface area contributed by atoms with Crippen molar-refractivity contribution in [3.63, 3.8) is 0 Å². The second kappa shape index (κ2) is 6.30. The Hall–Kier alpha value is 0.180. The van der Waals surface area contributed by atoms with Crippen LogP contribution in [0.2, 0.25) is 0 Å². The third-order valence-electron chi connectivity index (χ3n) is 4.52. The van der Waals surface area contributed by atoms with E-state index < -0.39 is 10.2 Å². The minimum Gasteiger partial charge on any atom is -0.330 e. The zero-order chi connectivity index (χ0) is 13.9. The Balaban J connectivity index is 1.85. The molecule has 7 heteroatoms. The molecule has 1 saturated heterocycles. The monoisotopic (exact) mass is 307 g/mol. The Kier molecular flexibility index (Phi) is 5.16. The van der Waals surface area contributed by atoms with Gasteiger partial charge in [-0.3, -0.25) is 0 Å². The van der Waals surface area contributed by atoms with Gasteiger partial charge in [-0.05, 0) is 44.4 Å². The molecule has 2 rings (SSSR count). The molecular weight excluding hydrogens is 282 g/mol. The summed E-state index contributed by atoms with van der Waals surface area (Å²) in [5.74, 6) is 0.482. The maximum Gasteiger partial charge on any atom is 0.279 e. The van der Waals surface area contributed by atoms with Gasteiger partial charge in [0, 0.05) is 24.4 Å². The Morgan fingerprint density at radius 1 is 1.37 bits per heavy atom. The van der Waals surface area contributed by atoms with Crippen LogP contribution in [0.25, 0.3) is 0 Å². The van der Waals surface area contributed by atoms with Crippen LogP contribution in [0.5, 0.6) is 0 Å². The van der Waals surface area contributed by atoms with Gasteiger partial charge in [0.1, 0.15) is 0 Å². The summed E-state index contributed by atoms with van der Waals surface area (Å²) in [6.07, 6.45) is 7.28. The van der Waals surface area contributed by atoms with Gasteiger partial charge in [-0.25, -0.2) is 4.72 Å². The summed E-state index contributed by atoms with van der Waals surface area (Å²) < 4.78 is 29.0. The summed E-state index contributed by atoms with van der Waals surface area (Å²) in [7, 11) is -3.31. The number of hydrogen-bond acceptors (Lipinski definition) is 4. The number of rotatable bonds is 6. The Morgan fingerprint density at radius 3 is 2.42 bits per heavy atom. The second-order valence-corrected chi connectivity index (χ2v) is 8.67. The average molecular weight is 307 g/mol. The van der Waals surface area contributed by atoms with Crippen molar-refractivity contribution in [2.45, 2.75) is 36.9 Å². The van der Waals surface area contributed by atoms with Gasteiger partial charge in [0.25, 0.3) is 10.2 Å². The van der Waals surface area contributed by atoms with Gasteiger partial charge in [-0.15, -0.1) is 0 Å². The molecule has 19 heavy (non-hydrogen) atoms. The van der Waals surface area contributed by atoms with E-state index in [4.69, 9.17) is 5.73 Å². The van der Waals surface area contributed by atoms with Gasteiger partial charge >= 0.3 is 0 Å². The molecule has 1 heterocycles. The van der Waals surface area contributed by atoms with Gasteiger partial charge in [0.05, 0.1) is 0 Å². The van der Waals surface area contributed by atoms with E-state index >= 15 is 0 Å². The van der Waals surface area contributed by atoms with E-state index in [1.165, 1.54) is 6.42 Å². The summed E-state index contributed by atoms with van der Waals surface area (Å²) in [6.45, 7) is 2.43. The molecule has 112 valence electrons. The van der Waals surface area contributed by atoms with Crippen molar-refractivity contribution >= 4 is 22.0 Å². The largest absolute Gasteiger partial charge is 0.330 e. The van der Waals surface area contributed by atoms with Gasteiger partial charge in [-0.2, -0.15) is 24.5 Å². The molecule has 1 aliphatic carbocycles. The quantitative estimate of drug-likeness (QED) is 0.760. The zero-order valence-electron chi connectivity index (χ0n) is 11.6. The number of nitrogens with zero attached hydrogens (tertiary/aromatic N) is 1. The van der Waals surface area contributed by atoms with E-state index in [9.17, 15) is 8.42 Å². The smallest absolute Gasteiger partial charge is 0.279 e. The van der Waals surface area contributed by atoms with Crippen LogP contribution >= 0.6 is 11.8 Å². The summed E-state index contributed by atoms with van der Waals surface area (Å²) in [6, 6.07) is 0. The number of thioether (sulfide) groups is 1. The number of piperidine rings is 1. The van der Waals surface area contributed by atoms with Crippen LogP contribution in [-0.2, 0) is 10.2 Å². The van der Waals surface area contributed by atoms with E-state index in [2.05, 4.69) is 11.0 Å². The summed E-state index contributed by atoms with van der Waals surface area (Å²) >= 11 is 1.79. The van der Waals surface area contributed by atoms with Crippen LogP contribution in [0.15, 0.2) is 0 Å². The summed E-state index contributed by atoms with van der Waals surface area (Å²) in [5.41, 5.74) is 5.63. The molecule has 0 spiro atoms. The van der Waals surface area contributed by atoms with Crippen molar-refractivity contribution in [1.82, 2.24) is 9.03 Å². The average Bonchev–Trinajstić information content (AvgIpc) is 2.38. The van der Waals surface area contributed by atoms with Gasteiger partial charge in [0.2, 0.25) is 0 Å². The lowest BCUT2D eigenvalue weighted by atomic mass is 9.84. The highest BCUT2D eigenvalue weighted by atomic mass is 32.2. The Bertz CT molecular complexity index is 382. The van der Waals surface area contributed by atoms with Crippen LogP contribution in [0.3, 0.4) is 0 Å². The topological polar surface area (TPSA) is 75.4 Å². The molecule has 5 nitrogen and oxygen atoms in total. The SMILES string of the molecule is CSC1(CNS(=O)(=O)N2CCC(CN)CC2)CCC1. The molecule has 2 aliphatic rings. The van der Waals surface area contributed by atoms with E-state index in [1.54, 1.807) is 16.1 Å². The molecule has 1 saturated carbocycles. The van der Waals surface area contributed by atoms with Crippen LogP contribution < -0.4 is 10.5 Å². The molecule has 0 amide bonds. The van der Waals surface area contributed by atoms with Gasteiger partial charge in [0.15, 0.2) is 0 Å². The van der Waals surface area contributed by atoms with Crippen LogP contribution in [0.1, 0.15) is 32.1 Å². The Labute approximate surface area is 120 Å². The fourth-order valence-corrected chi connectivity index (χ4v) is 5.06. The molecule has 0 aromatic rings. The predicted octanol–water partition coefficient (Wildman–Crippen LogP) is 0.777. The molecule has 0 atom stereocenters. The van der Waals surface area contributed by atoms with E-state index in [-0.39, 0.29) is 4.75 Å². The number of hydrogen-bond donors (Lipinski definition) is 2. The first-order chi connectivity index (χ1) is 9.01. The Morgan fingerprint density at radius 2 is 2.00 bits per heavy atom. The fourth-order valence-electron chi connectivity index (χ4n) is 2.72. The van der Waals surface area contributed by atoms with E-state index in [0.29, 0.717) is 32.1 Å². The lowest BCUT2D eigenvalue weighted by molar-refractivity contribution is 0.273. The number of nitrogens with two attached hydrogens (primary N) is 1. The maximum absolute atomic E-state index is 12.3. The first-order valence-corrected chi connectivity index (χ1v) is 9.68. The standard InChI is InChI=1S/C12H25N3O2S2/c1-18-12(5-2-6-12)10-14-19(16,17)15-7-3-11(9-13)4-8-15/h11,14H,2-10,13H2,1H3. The highest BCUT2D eigenvalue weighted by Gasteiger charge is 2.38. The highest BCUT2D eigenvalue weighted by molar-refractivity contribution is 8.00. The van der Waals surface area contributed by atoms with E-state index in [1.807, 2.05) is 0 Å². The minimum absolute atomic E-state index is 0.142. The zero-order valence-corrected chi connectivity index (χ0v) is 13.2. The van der Waals surface area contributed by atoms with Gasteiger partial charge in [-0.1, -0.05) is 6.42 Å². The van der Waals surface area contributed by atoms with Crippen molar-refractivity contribution in [3.05, 3.63) is 0 Å². The second-order valence-electron chi connectivity index (χ2n) is 5.64. The molecular formula is C12H25N3O2S2. The van der Waals surface area contributed by atoms with E-state index in [0.717, 1.165) is 25.7 Å². The molecule has 0 aromatic carbocycles. The molecule has 2 fully saturated rings. The van der Waals surface area contributed by atoms with Crippen LogP contribution in [0, 0.1) is 5.92 Å². The molecule has 0 aromatic heterocycles. The summed E-state index contributed by atoms with van der Waals surface area (Å²) in [4.78, 5) is 0. The van der Waals surface area contributed by atoms with Crippen molar-refractivity contribution in [1.29, 1.82) is 0 Å². The highest BCUT2D eigenvalue weighted by Crippen LogP contribution is 2.42. The molecule has 0 unspecified atom stereocenters. The molecule has 0 radical (unpaired) electrons. The van der Waals surface area contributed by atoms with Crippen LogP contribution in [0.4, 0.5) is 0 Å². The number of nitrogens with one attached hydrogen (secondary N) is 1. The third-order valence-corrected chi connectivity index (χ3v) is 7.49. The van der Waals surface area contributed by atoms with Crippen molar-refractivity contribution < 1.29 is 8.42 Å².